The van der Waals surface area contributed by atoms with Gasteiger partial charge in [-0.15, -0.1) is 0 Å². The fraction of sp³-hybridized carbons (Fsp3) is 0.316. The third-order valence-corrected chi connectivity index (χ3v) is 3.80. The first kappa shape index (κ1) is 16.1. The van der Waals surface area contributed by atoms with Gasteiger partial charge in [0.05, 0.1) is 0 Å². The Balaban J connectivity index is 1.93. The molecule has 0 aliphatic rings. The van der Waals surface area contributed by atoms with Gasteiger partial charge in [0, 0.05) is 17.6 Å². The Kier molecular flexibility index (Phi) is 4.86. The fourth-order valence-corrected chi connectivity index (χ4v) is 2.31. The molecule has 2 rings (SSSR count). The fourth-order valence-electron chi connectivity index (χ4n) is 2.31. The van der Waals surface area contributed by atoms with Crippen molar-refractivity contribution in [2.75, 3.05) is 11.9 Å². The maximum Gasteiger partial charge on any atom is 0.319 e. The van der Waals surface area contributed by atoms with Gasteiger partial charge in [0.25, 0.3) is 0 Å². The van der Waals surface area contributed by atoms with Crippen LogP contribution in [-0.2, 0) is 5.41 Å². The van der Waals surface area contributed by atoms with Crippen molar-refractivity contribution in [2.45, 2.75) is 33.1 Å². The van der Waals surface area contributed by atoms with Gasteiger partial charge in [-0.25, -0.2) is 4.79 Å². The highest BCUT2D eigenvalue weighted by Crippen LogP contribution is 2.22. The van der Waals surface area contributed by atoms with Crippen LogP contribution >= 0.6 is 0 Å². The Bertz CT molecular complexity index is 645. The Morgan fingerprint density at radius 2 is 1.68 bits per heavy atom. The molecule has 0 atom stereocenters. The van der Waals surface area contributed by atoms with Gasteiger partial charge in [-0.1, -0.05) is 55.8 Å². The van der Waals surface area contributed by atoms with E-state index < -0.39 is 0 Å². The van der Waals surface area contributed by atoms with E-state index in [4.69, 9.17) is 0 Å². The van der Waals surface area contributed by atoms with E-state index >= 15 is 0 Å². The van der Waals surface area contributed by atoms with Crippen molar-refractivity contribution in [1.29, 1.82) is 0 Å². The number of amides is 2. The van der Waals surface area contributed by atoms with E-state index in [1.165, 1.54) is 11.1 Å². The first-order valence-electron chi connectivity index (χ1n) is 7.55. The summed E-state index contributed by atoms with van der Waals surface area (Å²) in [7, 11) is 0. The number of nitrogens with one attached hydrogen (secondary N) is 2. The molecule has 0 spiro atoms. The van der Waals surface area contributed by atoms with E-state index in [1.807, 2.05) is 31.2 Å². The van der Waals surface area contributed by atoms with Gasteiger partial charge in [0.2, 0.25) is 0 Å². The third-order valence-electron chi connectivity index (χ3n) is 3.80. The predicted octanol–water partition coefficient (Wildman–Crippen LogP) is 4.40. The predicted molar refractivity (Wildman–Crippen MR) is 92.4 cm³/mol. The molecule has 0 aliphatic carbocycles. The van der Waals surface area contributed by atoms with Crippen molar-refractivity contribution < 1.29 is 4.79 Å². The van der Waals surface area contributed by atoms with Gasteiger partial charge in [0.15, 0.2) is 0 Å². The quantitative estimate of drug-likeness (QED) is 0.862. The standard InChI is InChI=1S/C19H24N2O/c1-14-8-10-16(11-9-14)19(3,4)13-20-18(22)21-17-7-5-6-15(2)12-17/h5-12H,13H2,1-4H3,(H2,20,21,22). The molecule has 22 heavy (non-hydrogen) atoms. The number of anilines is 1. The molecule has 0 fully saturated rings. The molecule has 0 heterocycles. The minimum atomic E-state index is -0.175. The van der Waals surface area contributed by atoms with Gasteiger partial charge in [-0.2, -0.15) is 0 Å². The highest BCUT2D eigenvalue weighted by atomic mass is 16.2. The van der Waals surface area contributed by atoms with E-state index in [9.17, 15) is 4.79 Å². The summed E-state index contributed by atoms with van der Waals surface area (Å²) < 4.78 is 0. The minimum Gasteiger partial charge on any atom is -0.337 e. The van der Waals surface area contributed by atoms with Crippen molar-refractivity contribution >= 4 is 11.7 Å². The summed E-state index contributed by atoms with van der Waals surface area (Å²) in [6.45, 7) is 8.91. The second kappa shape index (κ2) is 6.65. The second-order valence-electron chi connectivity index (χ2n) is 6.43. The molecule has 116 valence electrons. The molecule has 3 nitrogen and oxygen atoms in total. The molecule has 0 radical (unpaired) electrons. The van der Waals surface area contributed by atoms with Crippen molar-refractivity contribution in [3.8, 4) is 0 Å². The Labute approximate surface area is 132 Å². The molecular weight excluding hydrogens is 272 g/mol. The molecule has 0 aliphatic heterocycles. The summed E-state index contributed by atoms with van der Waals surface area (Å²) in [6.07, 6.45) is 0. The van der Waals surface area contributed by atoms with Crippen LogP contribution in [0.15, 0.2) is 48.5 Å². The highest BCUT2D eigenvalue weighted by molar-refractivity contribution is 5.89. The number of hydrogen-bond donors (Lipinski definition) is 2. The molecular formula is C19H24N2O. The van der Waals surface area contributed by atoms with Crippen LogP contribution in [0.3, 0.4) is 0 Å². The topological polar surface area (TPSA) is 41.1 Å². The lowest BCUT2D eigenvalue weighted by Gasteiger charge is -2.26. The third kappa shape index (κ3) is 4.35. The van der Waals surface area contributed by atoms with Crippen LogP contribution in [0, 0.1) is 13.8 Å². The van der Waals surface area contributed by atoms with Crippen molar-refractivity contribution in [1.82, 2.24) is 5.32 Å². The summed E-state index contributed by atoms with van der Waals surface area (Å²) in [5, 5.41) is 5.82. The first-order valence-corrected chi connectivity index (χ1v) is 7.55. The normalized spacial score (nSPS) is 11.1. The molecule has 0 bridgehead atoms. The molecule has 2 amide bonds. The van der Waals surface area contributed by atoms with Crippen LogP contribution in [0.2, 0.25) is 0 Å². The zero-order valence-corrected chi connectivity index (χ0v) is 13.7. The number of carbonyl (C=O) groups excluding carboxylic acids is 1. The minimum absolute atomic E-state index is 0.113. The summed E-state index contributed by atoms with van der Waals surface area (Å²) in [5.41, 5.74) is 4.28. The van der Waals surface area contributed by atoms with E-state index in [2.05, 4.69) is 55.7 Å². The monoisotopic (exact) mass is 296 g/mol. The molecule has 0 aromatic heterocycles. The van der Waals surface area contributed by atoms with E-state index in [-0.39, 0.29) is 11.4 Å². The lowest BCUT2D eigenvalue weighted by atomic mass is 9.84. The Morgan fingerprint density at radius 1 is 1.00 bits per heavy atom. The summed E-state index contributed by atoms with van der Waals surface area (Å²) in [6, 6.07) is 16.0. The molecule has 2 aromatic carbocycles. The van der Waals surface area contributed by atoms with Gasteiger partial charge < -0.3 is 10.6 Å². The summed E-state index contributed by atoms with van der Waals surface area (Å²) in [4.78, 5) is 12.0. The number of carbonyl (C=O) groups is 1. The Morgan fingerprint density at radius 3 is 2.32 bits per heavy atom. The van der Waals surface area contributed by atoms with Gasteiger partial charge in [-0.3, -0.25) is 0 Å². The molecule has 0 saturated heterocycles. The SMILES string of the molecule is Cc1ccc(C(C)(C)CNC(=O)Nc2cccc(C)c2)cc1. The maximum atomic E-state index is 12.0. The summed E-state index contributed by atoms with van der Waals surface area (Å²) >= 11 is 0. The molecule has 0 saturated carbocycles. The summed E-state index contributed by atoms with van der Waals surface area (Å²) in [5.74, 6) is 0. The molecule has 2 N–H and O–H groups in total. The molecule has 2 aromatic rings. The lowest BCUT2D eigenvalue weighted by Crippen LogP contribution is -2.38. The van der Waals surface area contributed by atoms with Crippen LogP contribution < -0.4 is 10.6 Å². The van der Waals surface area contributed by atoms with E-state index in [1.54, 1.807) is 0 Å². The zero-order valence-electron chi connectivity index (χ0n) is 13.7. The smallest absolute Gasteiger partial charge is 0.319 e. The zero-order chi connectivity index (χ0) is 16.2. The average molecular weight is 296 g/mol. The Hall–Kier alpha value is -2.29. The number of benzene rings is 2. The lowest BCUT2D eigenvalue weighted by molar-refractivity contribution is 0.249. The number of rotatable bonds is 4. The van der Waals surface area contributed by atoms with Gasteiger partial charge in [0.1, 0.15) is 0 Å². The first-order chi connectivity index (χ1) is 10.4. The van der Waals surface area contributed by atoms with Crippen LogP contribution in [0.5, 0.6) is 0 Å². The van der Waals surface area contributed by atoms with E-state index in [0.717, 1.165) is 11.3 Å². The molecule has 0 unspecified atom stereocenters. The van der Waals surface area contributed by atoms with Crippen LogP contribution in [0.1, 0.15) is 30.5 Å². The van der Waals surface area contributed by atoms with Gasteiger partial charge in [-0.05, 0) is 37.1 Å². The number of aryl methyl sites for hydroxylation is 2. The maximum absolute atomic E-state index is 12.0. The van der Waals surface area contributed by atoms with E-state index in [0.29, 0.717) is 6.54 Å². The molecule has 3 heteroatoms. The van der Waals surface area contributed by atoms with Crippen LogP contribution in [0.4, 0.5) is 10.5 Å². The van der Waals surface area contributed by atoms with Crippen LogP contribution in [0.25, 0.3) is 0 Å². The second-order valence-corrected chi connectivity index (χ2v) is 6.43. The largest absolute Gasteiger partial charge is 0.337 e. The average Bonchev–Trinajstić information content (AvgIpc) is 2.46. The van der Waals surface area contributed by atoms with Crippen molar-refractivity contribution in [3.05, 3.63) is 65.2 Å². The van der Waals surface area contributed by atoms with Crippen molar-refractivity contribution in [2.24, 2.45) is 0 Å². The highest BCUT2D eigenvalue weighted by Gasteiger charge is 2.21. The number of urea groups is 1. The van der Waals surface area contributed by atoms with Crippen LogP contribution in [-0.4, -0.2) is 12.6 Å². The number of hydrogen-bond acceptors (Lipinski definition) is 1. The van der Waals surface area contributed by atoms with Crippen molar-refractivity contribution in [3.63, 3.8) is 0 Å². The van der Waals surface area contributed by atoms with Gasteiger partial charge >= 0.3 is 6.03 Å².